The third kappa shape index (κ3) is 2.40. The molecule has 0 aliphatic carbocycles. The van der Waals surface area contributed by atoms with Gasteiger partial charge in [-0.15, -0.1) is 17.9 Å². The van der Waals surface area contributed by atoms with E-state index in [1.807, 2.05) is 17.4 Å². The zero-order valence-corrected chi connectivity index (χ0v) is 12.1. The topological polar surface area (TPSA) is 26.0 Å². The molecule has 100 valence electrons. The van der Waals surface area contributed by atoms with Crippen molar-refractivity contribution >= 4 is 21.4 Å². The molecule has 0 fully saturated rings. The summed E-state index contributed by atoms with van der Waals surface area (Å²) in [5.74, 6) is 0. The molecule has 0 aliphatic rings. The van der Waals surface area contributed by atoms with Crippen molar-refractivity contribution in [3.63, 3.8) is 0 Å². The van der Waals surface area contributed by atoms with E-state index < -0.39 is 0 Å². The average Bonchev–Trinajstić information content (AvgIpc) is 2.91. The van der Waals surface area contributed by atoms with Gasteiger partial charge in [-0.1, -0.05) is 48.5 Å². The van der Waals surface area contributed by atoms with Crippen LogP contribution in [-0.2, 0) is 0 Å². The van der Waals surface area contributed by atoms with Crippen LogP contribution in [0.3, 0.4) is 0 Å². The van der Waals surface area contributed by atoms with E-state index in [-0.39, 0.29) is 6.04 Å². The predicted molar refractivity (Wildman–Crippen MR) is 89.0 cm³/mol. The fraction of sp³-hybridized carbons (Fsp3) is 0.111. The molecule has 0 amide bonds. The van der Waals surface area contributed by atoms with Gasteiger partial charge in [0.05, 0.1) is 0 Å². The Morgan fingerprint density at radius 3 is 2.65 bits per heavy atom. The van der Waals surface area contributed by atoms with Gasteiger partial charge in [-0.3, -0.25) is 0 Å². The van der Waals surface area contributed by atoms with Crippen molar-refractivity contribution < 1.29 is 0 Å². The number of thiophene rings is 1. The number of benzene rings is 2. The van der Waals surface area contributed by atoms with Crippen LogP contribution in [-0.4, -0.2) is 0 Å². The van der Waals surface area contributed by atoms with E-state index in [1.165, 1.54) is 26.1 Å². The predicted octanol–water partition coefficient (Wildman–Crippen LogP) is 5.14. The number of hydrogen-bond acceptors (Lipinski definition) is 2. The molecule has 0 radical (unpaired) electrons. The quantitative estimate of drug-likeness (QED) is 0.657. The second-order valence-electron chi connectivity index (χ2n) is 4.87. The molecule has 1 atom stereocenters. The number of hydrogen-bond donors (Lipinski definition) is 1. The molecule has 0 saturated heterocycles. The van der Waals surface area contributed by atoms with Crippen LogP contribution >= 0.6 is 11.3 Å². The van der Waals surface area contributed by atoms with Gasteiger partial charge in [-0.05, 0) is 35.1 Å². The van der Waals surface area contributed by atoms with Crippen molar-refractivity contribution in [2.75, 3.05) is 0 Å². The molecule has 0 aliphatic heterocycles. The van der Waals surface area contributed by atoms with Crippen LogP contribution in [0.15, 0.2) is 67.3 Å². The minimum absolute atomic E-state index is 0.00825. The lowest BCUT2D eigenvalue weighted by Gasteiger charge is -2.14. The summed E-state index contributed by atoms with van der Waals surface area (Å²) in [4.78, 5) is 1.28. The molecule has 0 bridgehead atoms. The normalized spacial score (nSPS) is 12.4. The fourth-order valence-corrected chi connectivity index (χ4v) is 3.58. The molecule has 1 unspecified atom stereocenters. The van der Waals surface area contributed by atoms with E-state index in [4.69, 9.17) is 5.73 Å². The Morgan fingerprint density at radius 2 is 1.85 bits per heavy atom. The molecule has 2 N–H and O–H groups in total. The highest BCUT2D eigenvalue weighted by Crippen LogP contribution is 2.37. The van der Waals surface area contributed by atoms with Gasteiger partial charge in [-0.25, -0.2) is 0 Å². The molecule has 0 spiro atoms. The summed E-state index contributed by atoms with van der Waals surface area (Å²) in [6, 6.07) is 19.1. The van der Waals surface area contributed by atoms with Crippen molar-refractivity contribution in [1.82, 2.24) is 0 Å². The first kappa shape index (κ1) is 13.1. The maximum Gasteiger partial charge on any atom is 0.0358 e. The number of nitrogens with two attached hydrogens (primary N) is 1. The monoisotopic (exact) mass is 279 g/mol. The Kier molecular flexibility index (Phi) is 3.68. The van der Waals surface area contributed by atoms with Crippen molar-refractivity contribution in [2.24, 2.45) is 5.73 Å². The lowest BCUT2D eigenvalue weighted by molar-refractivity contribution is 0.744. The molecule has 3 aromatic rings. The standard InChI is InChI=1S/C18H17NS/c1-2-7-16(19)14-9-4-5-10-15(14)18-12-13-8-3-6-11-17(13)20-18/h2-6,8-12,16H,1,7,19H2. The van der Waals surface area contributed by atoms with Gasteiger partial charge in [0.1, 0.15) is 0 Å². The average molecular weight is 279 g/mol. The zero-order valence-electron chi connectivity index (χ0n) is 11.3. The minimum atomic E-state index is 0.00825. The second-order valence-corrected chi connectivity index (χ2v) is 5.95. The summed E-state index contributed by atoms with van der Waals surface area (Å²) in [6.07, 6.45) is 2.67. The van der Waals surface area contributed by atoms with Crippen LogP contribution in [0.1, 0.15) is 18.0 Å². The first-order valence-electron chi connectivity index (χ1n) is 6.74. The molecular formula is C18H17NS. The number of fused-ring (bicyclic) bond motifs is 1. The molecule has 1 nitrogen and oxygen atoms in total. The third-order valence-electron chi connectivity index (χ3n) is 3.47. The van der Waals surface area contributed by atoms with Crippen LogP contribution in [0.4, 0.5) is 0 Å². The Balaban J connectivity index is 2.11. The summed E-state index contributed by atoms with van der Waals surface area (Å²) in [7, 11) is 0. The van der Waals surface area contributed by atoms with Gasteiger partial charge >= 0.3 is 0 Å². The Labute approximate surface area is 123 Å². The van der Waals surface area contributed by atoms with E-state index >= 15 is 0 Å². The molecule has 20 heavy (non-hydrogen) atoms. The van der Waals surface area contributed by atoms with Gasteiger partial charge in [0.2, 0.25) is 0 Å². The maximum atomic E-state index is 6.27. The van der Waals surface area contributed by atoms with Crippen molar-refractivity contribution in [1.29, 1.82) is 0 Å². The van der Waals surface area contributed by atoms with Gasteiger partial charge in [-0.2, -0.15) is 0 Å². The Hall–Kier alpha value is -1.90. The minimum Gasteiger partial charge on any atom is -0.324 e. The summed E-state index contributed by atoms with van der Waals surface area (Å²) < 4.78 is 1.31. The fourth-order valence-electron chi connectivity index (χ4n) is 2.47. The molecule has 1 aromatic heterocycles. The summed E-state index contributed by atoms with van der Waals surface area (Å²) >= 11 is 1.82. The molecular weight excluding hydrogens is 262 g/mol. The summed E-state index contributed by atoms with van der Waals surface area (Å²) in [5.41, 5.74) is 8.70. The van der Waals surface area contributed by atoms with Crippen LogP contribution in [0.5, 0.6) is 0 Å². The highest BCUT2D eigenvalue weighted by atomic mass is 32.1. The van der Waals surface area contributed by atoms with E-state index in [9.17, 15) is 0 Å². The Morgan fingerprint density at radius 1 is 1.10 bits per heavy atom. The SMILES string of the molecule is C=CCC(N)c1ccccc1-c1cc2ccccc2s1. The lowest BCUT2D eigenvalue weighted by Crippen LogP contribution is -2.10. The van der Waals surface area contributed by atoms with Gasteiger partial charge < -0.3 is 5.73 Å². The van der Waals surface area contributed by atoms with Crippen LogP contribution in [0, 0.1) is 0 Å². The van der Waals surface area contributed by atoms with Crippen LogP contribution in [0.25, 0.3) is 20.5 Å². The van der Waals surface area contributed by atoms with Gasteiger partial charge in [0, 0.05) is 15.6 Å². The highest BCUT2D eigenvalue weighted by molar-refractivity contribution is 7.22. The summed E-state index contributed by atoms with van der Waals surface area (Å²) in [5, 5.41) is 1.29. The maximum absolute atomic E-state index is 6.27. The van der Waals surface area contributed by atoms with E-state index in [0.717, 1.165) is 6.42 Å². The smallest absolute Gasteiger partial charge is 0.0358 e. The largest absolute Gasteiger partial charge is 0.324 e. The third-order valence-corrected chi connectivity index (χ3v) is 4.62. The molecule has 1 heterocycles. The van der Waals surface area contributed by atoms with Crippen molar-refractivity contribution in [3.8, 4) is 10.4 Å². The zero-order chi connectivity index (χ0) is 13.9. The first-order chi connectivity index (χ1) is 9.79. The van der Waals surface area contributed by atoms with E-state index in [0.29, 0.717) is 0 Å². The lowest BCUT2D eigenvalue weighted by atomic mass is 9.97. The van der Waals surface area contributed by atoms with Crippen LogP contribution in [0.2, 0.25) is 0 Å². The Bertz CT molecular complexity index is 709. The van der Waals surface area contributed by atoms with E-state index in [2.05, 4.69) is 61.2 Å². The van der Waals surface area contributed by atoms with Crippen molar-refractivity contribution in [3.05, 3.63) is 72.8 Å². The second kappa shape index (κ2) is 5.61. The summed E-state index contributed by atoms with van der Waals surface area (Å²) in [6.45, 7) is 3.79. The van der Waals surface area contributed by atoms with E-state index in [1.54, 1.807) is 0 Å². The molecule has 2 heteroatoms. The molecule has 0 saturated carbocycles. The number of rotatable bonds is 4. The first-order valence-corrected chi connectivity index (χ1v) is 7.55. The van der Waals surface area contributed by atoms with Crippen LogP contribution < -0.4 is 5.73 Å². The van der Waals surface area contributed by atoms with Gasteiger partial charge in [0.15, 0.2) is 0 Å². The molecule has 2 aromatic carbocycles. The molecule has 3 rings (SSSR count). The van der Waals surface area contributed by atoms with Gasteiger partial charge in [0.25, 0.3) is 0 Å². The van der Waals surface area contributed by atoms with Crippen molar-refractivity contribution in [2.45, 2.75) is 12.5 Å². The highest BCUT2D eigenvalue weighted by Gasteiger charge is 2.12.